The summed E-state index contributed by atoms with van der Waals surface area (Å²) in [6, 6.07) is 4.62. The minimum absolute atomic E-state index is 0.0417. The zero-order valence-corrected chi connectivity index (χ0v) is 13.0. The number of amides is 2. The first-order valence-corrected chi connectivity index (χ1v) is 8.37. The Hall–Kier alpha value is -1.58. The molecule has 3 nitrogen and oxygen atoms in total. The van der Waals surface area contributed by atoms with Crippen molar-refractivity contribution in [2.24, 2.45) is 17.8 Å². The van der Waals surface area contributed by atoms with E-state index < -0.39 is 0 Å². The molecule has 2 amide bonds. The van der Waals surface area contributed by atoms with Crippen LogP contribution < -0.4 is 10.6 Å². The van der Waals surface area contributed by atoms with Gasteiger partial charge in [0.1, 0.15) is 5.82 Å². The minimum atomic E-state index is -0.374. The molecule has 4 aliphatic rings. The van der Waals surface area contributed by atoms with Crippen LogP contribution in [0.3, 0.4) is 0 Å². The Balaban J connectivity index is 1.46. The number of hydrogen-bond donors (Lipinski definition) is 2. The second kappa shape index (κ2) is 4.97. The molecule has 4 bridgehead atoms. The van der Waals surface area contributed by atoms with Gasteiger partial charge in [0.05, 0.1) is 5.69 Å². The Morgan fingerprint density at radius 3 is 2.27 bits per heavy atom. The SMILES string of the molecule is Cc1ccc(NC(=O)NC23CC4CC(CC(C4)C2)C3)c(F)c1. The van der Waals surface area contributed by atoms with Gasteiger partial charge >= 0.3 is 6.03 Å². The van der Waals surface area contributed by atoms with Gasteiger partial charge < -0.3 is 10.6 Å². The predicted molar refractivity (Wildman–Crippen MR) is 84.2 cm³/mol. The summed E-state index contributed by atoms with van der Waals surface area (Å²) >= 11 is 0. The predicted octanol–water partition coefficient (Wildman–Crippen LogP) is 4.22. The first kappa shape index (κ1) is 14.0. The van der Waals surface area contributed by atoms with Crippen molar-refractivity contribution in [2.75, 3.05) is 5.32 Å². The minimum Gasteiger partial charge on any atom is -0.332 e. The van der Waals surface area contributed by atoms with E-state index in [1.165, 1.54) is 25.3 Å². The second-order valence-corrected chi connectivity index (χ2v) is 7.76. The maximum Gasteiger partial charge on any atom is 0.319 e. The molecule has 4 aliphatic carbocycles. The van der Waals surface area contributed by atoms with Crippen LogP contribution in [-0.2, 0) is 0 Å². The van der Waals surface area contributed by atoms with E-state index in [1.54, 1.807) is 6.07 Å². The molecule has 0 radical (unpaired) electrons. The molecule has 0 saturated heterocycles. The summed E-state index contributed by atoms with van der Waals surface area (Å²) in [5.41, 5.74) is 1.07. The van der Waals surface area contributed by atoms with Crippen LogP contribution >= 0.6 is 0 Å². The monoisotopic (exact) mass is 302 g/mol. The van der Waals surface area contributed by atoms with Crippen LogP contribution in [-0.4, -0.2) is 11.6 Å². The number of rotatable bonds is 2. The second-order valence-electron chi connectivity index (χ2n) is 7.76. The first-order valence-electron chi connectivity index (χ1n) is 8.37. The highest BCUT2D eigenvalue weighted by atomic mass is 19.1. The van der Waals surface area contributed by atoms with Crippen molar-refractivity contribution in [3.63, 3.8) is 0 Å². The lowest BCUT2D eigenvalue weighted by Crippen LogP contribution is -2.60. The van der Waals surface area contributed by atoms with Gasteiger partial charge in [-0.3, -0.25) is 0 Å². The number of carbonyl (C=O) groups excluding carboxylic acids is 1. The molecule has 118 valence electrons. The largest absolute Gasteiger partial charge is 0.332 e. The van der Waals surface area contributed by atoms with Gasteiger partial charge in [0.15, 0.2) is 0 Å². The van der Waals surface area contributed by atoms with Crippen LogP contribution in [0.4, 0.5) is 14.9 Å². The van der Waals surface area contributed by atoms with Crippen LogP contribution in [0, 0.1) is 30.5 Å². The van der Waals surface area contributed by atoms with Crippen molar-refractivity contribution < 1.29 is 9.18 Å². The number of halogens is 1. The Labute approximate surface area is 130 Å². The van der Waals surface area contributed by atoms with Crippen LogP contribution in [0.2, 0.25) is 0 Å². The van der Waals surface area contributed by atoms with Crippen molar-refractivity contribution in [2.45, 2.75) is 51.0 Å². The molecule has 4 saturated carbocycles. The Bertz CT molecular complexity index is 578. The van der Waals surface area contributed by atoms with Gasteiger partial charge in [0.2, 0.25) is 0 Å². The normalized spacial score (nSPS) is 35.5. The van der Waals surface area contributed by atoms with Gasteiger partial charge in [-0.05, 0) is 80.9 Å². The third-order valence-corrected chi connectivity index (χ3v) is 5.79. The molecule has 0 heterocycles. The lowest BCUT2D eigenvalue weighted by molar-refractivity contribution is -0.0127. The van der Waals surface area contributed by atoms with E-state index in [0.29, 0.717) is 0 Å². The van der Waals surface area contributed by atoms with Crippen molar-refractivity contribution in [1.82, 2.24) is 5.32 Å². The molecule has 4 fully saturated rings. The summed E-state index contributed by atoms with van der Waals surface area (Å²) in [5.74, 6) is 1.97. The highest BCUT2D eigenvalue weighted by molar-refractivity contribution is 5.90. The van der Waals surface area contributed by atoms with E-state index in [1.807, 2.05) is 13.0 Å². The molecule has 0 unspecified atom stereocenters. The number of benzene rings is 1. The molecule has 0 spiro atoms. The molecule has 2 N–H and O–H groups in total. The summed E-state index contributed by atoms with van der Waals surface area (Å²) in [6.45, 7) is 1.84. The summed E-state index contributed by atoms with van der Waals surface area (Å²) in [7, 11) is 0. The van der Waals surface area contributed by atoms with Gasteiger partial charge in [0.25, 0.3) is 0 Å². The van der Waals surface area contributed by atoms with Gasteiger partial charge in [0, 0.05) is 5.54 Å². The number of urea groups is 1. The van der Waals surface area contributed by atoms with Gasteiger partial charge in [-0.2, -0.15) is 0 Å². The molecule has 5 rings (SSSR count). The molecule has 4 heteroatoms. The standard InChI is InChI=1S/C18H23FN2O/c1-11-2-3-16(15(19)4-11)20-17(22)21-18-8-12-5-13(9-18)7-14(6-12)10-18/h2-4,12-14H,5-10H2,1H3,(H2,20,21,22). The van der Waals surface area contributed by atoms with Gasteiger partial charge in [-0.15, -0.1) is 0 Å². The summed E-state index contributed by atoms with van der Waals surface area (Å²) in [6.07, 6.45) is 7.33. The lowest BCUT2D eigenvalue weighted by atomic mass is 9.53. The molecular weight excluding hydrogens is 279 g/mol. The van der Waals surface area contributed by atoms with Crippen molar-refractivity contribution in [1.29, 1.82) is 0 Å². The molecule has 22 heavy (non-hydrogen) atoms. The number of hydrogen-bond acceptors (Lipinski definition) is 1. The molecule has 1 aromatic rings. The lowest BCUT2D eigenvalue weighted by Gasteiger charge is -2.56. The first-order chi connectivity index (χ1) is 10.5. The van der Waals surface area contributed by atoms with E-state index in [-0.39, 0.29) is 23.1 Å². The highest BCUT2D eigenvalue weighted by Gasteiger charge is 2.51. The number of nitrogens with one attached hydrogen (secondary N) is 2. The van der Waals surface area contributed by atoms with Crippen molar-refractivity contribution >= 4 is 11.7 Å². The van der Waals surface area contributed by atoms with E-state index >= 15 is 0 Å². The van der Waals surface area contributed by atoms with E-state index in [0.717, 1.165) is 42.6 Å². The molecular formula is C18H23FN2O. The molecule has 0 aliphatic heterocycles. The fourth-order valence-corrected chi connectivity index (χ4v) is 5.38. The highest BCUT2D eigenvalue weighted by Crippen LogP contribution is 2.55. The quantitative estimate of drug-likeness (QED) is 0.843. The Morgan fingerprint density at radius 2 is 1.73 bits per heavy atom. The molecule has 1 aromatic carbocycles. The van der Waals surface area contributed by atoms with Crippen molar-refractivity contribution in [3.05, 3.63) is 29.6 Å². The average molecular weight is 302 g/mol. The Morgan fingerprint density at radius 1 is 1.14 bits per heavy atom. The van der Waals surface area contributed by atoms with Gasteiger partial charge in [-0.1, -0.05) is 6.07 Å². The zero-order chi connectivity index (χ0) is 15.3. The average Bonchev–Trinajstić information content (AvgIpc) is 2.39. The molecule has 0 atom stereocenters. The topological polar surface area (TPSA) is 41.1 Å². The van der Waals surface area contributed by atoms with Crippen LogP contribution in [0.15, 0.2) is 18.2 Å². The summed E-state index contributed by atoms with van der Waals surface area (Å²) < 4.78 is 13.9. The fourth-order valence-electron chi connectivity index (χ4n) is 5.38. The van der Waals surface area contributed by atoms with Crippen LogP contribution in [0.1, 0.15) is 44.1 Å². The smallest absolute Gasteiger partial charge is 0.319 e. The van der Waals surface area contributed by atoms with E-state index in [4.69, 9.17) is 0 Å². The van der Waals surface area contributed by atoms with E-state index in [9.17, 15) is 9.18 Å². The van der Waals surface area contributed by atoms with Crippen molar-refractivity contribution in [3.8, 4) is 0 Å². The van der Waals surface area contributed by atoms with E-state index in [2.05, 4.69) is 10.6 Å². The molecule has 0 aromatic heterocycles. The third kappa shape index (κ3) is 2.49. The maximum atomic E-state index is 13.9. The number of anilines is 1. The number of aryl methyl sites for hydroxylation is 1. The maximum absolute atomic E-state index is 13.9. The number of carbonyl (C=O) groups is 1. The van der Waals surface area contributed by atoms with Crippen LogP contribution in [0.5, 0.6) is 0 Å². The fraction of sp³-hybridized carbons (Fsp3) is 0.611. The van der Waals surface area contributed by atoms with Gasteiger partial charge in [-0.25, -0.2) is 9.18 Å². The zero-order valence-electron chi connectivity index (χ0n) is 13.0. The third-order valence-electron chi connectivity index (χ3n) is 5.79. The summed E-state index contributed by atoms with van der Waals surface area (Å²) in [5, 5.41) is 5.89. The van der Waals surface area contributed by atoms with Crippen LogP contribution in [0.25, 0.3) is 0 Å². The summed E-state index contributed by atoms with van der Waals surface area (Å²) in [4.78, 5) is 12.3. The Kier molecular flexibility index (Phi) is 3.17.